The summed E-state index contributed by atoms with van der Waals surface area (Å²) in [4.78, 5) is 10.6. The molecule has 2 heterocycles. The zero-order valence-electron chi connectivity index (χ0n) is 9.77. The number of rotatable bonds is 3. The van der Waals surface area contributed by atoms with Crippen LogP contribution in [0.15, 0.2) is 29.1 Å². The van der Waals surface area contributed by atoms with Gasteiger partial charge in [-0.3, -0.25) is 4.98 Å². The van der Waals surface area contributed by atoms with Crippen LogP contribution in [0, 0.1) is 13.8 Å². The van der Waals surface area contributed by atoms with Crippen molar-refractivity contribution in [3.63, 3.8) is 0 Å². The average Bonchev–Trinajstić information content (AvgIpc) is 2.64. The van der Waals surface area contributed by atoms with Crippen molar-refractivity contribution >= 4 is 5.82 Å². The van der Waals surface area contributed by atoms with Gasteiger partial charge in [0.1, 0.15) is 11.6 Å². The Bertz CT molecular complexity index is 479. The molecule has 0 aliphatic carbocycles. The van der Waals surface area contributed by atoms with E-state index >= 15 is 0 Å². The third-order valence-electron chi connectivity index (χ3n) is 2.51. The Morgan fingerprint density at radius 2 is 2.12 bits per heavy atom. The van der Waals surface area contributed by atoms with Crippen LogP contribution in [0.25, 0.3) is 0 Å². The number of aryl methyl sites for hydroxylation is 2. The van der Waals surface area contributed by atoms with E-state index in [1.807, 2.05) is 27.0 Å². The number of nitrogens with zero attached hydrogens (tertiary/aromatic N) is 3. The summed E-state index contributed by atoms with van der Waals surface area (Å²) in [6, 6.07) is 1.98. The van der Waals surface area contributed by atoms with E-state index in [9.17, 15) is 0 Å². The topological polar surface area (TPSA) is 42.2 Å². The van der Waals surface area contributed by atoms with Gasteiger partial charge in [-0.15, -0.1) is 0 Å². The fourth-order valence-corrected chi connectivity index (χ4v) is 1.55. The lowest BCUT2D eigenvalue weighted by molar-refractivity contribution is 0.529. The number of aromatic nitrogens is 2. The van der Waals surface area contributed by atoms with Gasteiger partial charge in [-0.25, -0.2) is 4.98 Å². The first kappa shape index (κ1) is 10.7. The summed E-state index contributed by atoms with van der Waals surface area (Å²) in [6.45, 7) is 4.68. The van der Waals surface area contributed by atoms with Crippen molar-refractivity contribution in [2.75, 3.05) is 11.9 Å². The van der Waals surface area contributed by atoms with Crippen molar-refractivity contribution in [2.45, 2.75) is 20.4 Å². The second kappa shape index (κ2) is 4.35. The third-order valence-corrected chi connectivity index (χ3v) is 2.51. The fraction of sp³-hybridized carbons (Fsp3) is 0.333. The highest BCUT2D eigenvalue weighted by molar-refractivity contribution is 5.36. The van der Waals surface area contributed by atoms with Gasteiger partial charge in [-0.05, 0) is 19.9 Å². The van der Waals surface area contributed by atoms with E-state index in [-0.39, 0.29) is 0 Å². The second-order valence-electron chi connectivity index (χ2n) is 3.88. The van der Waals surface area contributed by atoms with Crippen molar-refractivity contribution in [1.29, 1.82) is 0 Å². The molecule has 2 aromatic rings. The highest BCUT2D eigenvalue weighted by Gasteiger charge is 2.07. The van der Waals surface area contributed by atoms with Gasteiger partial charge in [0.05, 0.1) is 18.2 Å². The van der Waals surface area contributed by atoms with E-state index in [0.29, 0.717) is 0 Å². The van der Waals surface area contributed by atoms with Crippen LogP contribution in [0.3, 0.4) is 0 Å². The van der Waals surface area contributed by atoms with Gasteiger partial charge in [-0.1, -0.05) is 0 Å². The van der Waals surface area contributed by atoms with Gasteiger partial charge < -0.3 is 9.32 Å². The molecular formula is C12H15N3O. The largest absolute Gasteiger partial charge is 0.469 e. The molecule has 84 valence electrons. The molecule has 4 nitrogen and oxygen atoms in total. The predicted molar refractivity (Wildman–Crippen MR) is 62.3 cm³/mol. The Balaban J connectivity index is 2.14. The van der Waals surface area contributed by atoms with Crippen LogP contribution in [-0.4, -0.2) is 17.0 Å². The molecule has 0 aliphatic rings. The maximum Gasteiger partial charge on any atom is 0.147 e. The lowest BCUT2D eigenvalue weighted by Gasteiger charge is -2.17. The minimum absolute atomic E-state index is 0.778. The summed E-state index contributed by atoms with van der Waals surface area (Å²) >= 11 is 0. The van der Waals surface area contributed by atoms with E-state index < -0.39 is 0 Å². The summed E-state index contributed by atoms with van der Waals surface area (Å²) in [7, 11) is 2.00. The first-order valence-electron chi connectivity index (χ1n) is 5.19. The summed E-state index contributed by atoms with van der Waals surface area (Å²) in [5.41, 5.74) is 2.10. The van der Waals surface area contributed by atoms with Crippen LogP contribution in [0.2, 0.25) is 0 Å². The van der Waals surface area contributed by atoms with Crippen LogP contribution < -0.4 is 4.90 Å². The predicted octanol–water partition coefficient (Wildman–Crippen LogP) is 2.32. The lowest BCUT2D eigenvalue weighted by Crippen LogP contribution is -2.18. The van der Waals surface area contributed by atoms with Gasteiger partial charge in [0.2, 0.25) is 0 Å². The fourth-order valence-electron chi connectivity index (χ4n) is 1.55. The monoisotopic (exact) mass is 217 g/mol. The minimum Gasteiger partial charge on any atom is -0.469 e. The zero-order chi connectivity index (χ0) is 11.5. The van der Waals surface area contributed by atoms with Crippen molar-refractivity contribution in [3.8, 4) is 0 Å². The van der Waals surface area contributed by atoms with Crippen LogP contribution in [0.5, 0.6) is 0 Å². The van der Waals surface area contributed by atoms with Crippen molar-refractivity contribution in [2.24, 2.45) is 0 Å². The molecule has 0 aliphatic heterocycles. The Kier molecular flexibility index (Phi) is 2.90. The SMILES string of the molecule is Cc1cncc(N(C)Cc2ccoc2C)n1. The van der Waals surface area contributed by atoms with E-state index in [0.717, 1.165) is 23.8 Å². The number of anilines is 1. The summed E-state index contributed by atoms with van der Waals surface area (Å²) in [5, 5.41) is 0. The average molecular weight is 217 g/mol. The molecule has 0 aromatic carbocycles. The van der Waals surface area contributed by atoms with Crippen LogP contribution in [0.4, 0.5) is 5.82 Å². The minimum atomic E-state index is 0.778. The van der Waals surface area contributed by atoms with Gasteiger partial charge in [0, 0.05) is 25.4 Å². The Morgan fingerprint density at radius 1 is 1.31 bits per heavy atom. The van der Waals surface area contributed by atoms with E-state index in [4.69, 9.17) is 4.42 Å². The van der Waals surface area contributed by atoms with Crippen LogP contribution in [-0.2, 0) is 6.54 Å². The quantitative estimate of drug-likeness (QED) is 0.791. The molecule has 0 N–H and O–H groups in total. The molecule has 0 bridgehead atoms. The van der Waals surface area contributed by atoms with Crippen molar-refractivity contribution < 1.29 is 4.42 Å². The molecule has 0 unspecified atom stereocenters. The Morgan fingerprint density at radius 3 is 2.75 bits per heavy atom. The molecule has 0 amide bonds. The summed E-state index contributed by atoms with van der Waals surface area (Å²) in [6.07, 6.45) is 5.23. The molecule has 2 rings (SSSR count). The van der Waals surface area contributed by atoms with Gasteiger partial charge in [0.25, 0.3) is 0 Å². The van der Waals surface area contributed by atoms with Crippen LogP contribution >= 0.6 is 0 Å². The number of hydrogen-bond acceptors (Lipinski definition) is 4. The van der Waals surface area contributed by atoms with E-state index in [1.165, 1.54) is 5.56 Å². The van der Waals surface area contributed by atoms with Gasteiger partial charge in [-0.2, -0.15) is 0 Å². The number of furan rings is 1. The molecule has 0 saturated carbocycles. The highest BCUT2D eigenvalue weighted by Crippen LogP contribution is 2.15. The highest BCUT2D eigenvalue weighted by atomic mass is 16.3. The molecule has 0 spiro atoms. The van der Waals surface area contributed by atoms with Crippen molar-refractivity contribution in [1.82, 2.24) is 9.97 Å². The Labute approximate surface area is 94.9 Å². The first-order valence-corrected chi connectivity index (χ1v) is 5.19. The molecule has 0 fully saturated rings. The zero-order valence-corrected chi connectivity index (χ0v) is 9.77. The molecular weight excluding hydrogens is 202 g/mol. The molecule has 4 heteroatoms. The first-order chi connectivity index (χ1) is 7.66. The maximum atomic E-state index is 5.26. The van der Waals surface area contributed by atoms with E-state index in [2.05, 4.69) is 14.9 Å². The van der Waals surface area contributed by atoms with Crippen molar-refractivity contribution in [3.05, 3.63) is 41.7 Å². The lowest BCUT2D eigenvalue weighted by atomic mass is 10.2. The molecule has 0 atom stereocenters. The molecule has 16 heavy (non-hydrogen) atoms. The normalized spacial score (nSPS) is 10.4. The van der Waals surface area contributed by atoms with E-state index in [1.54, 1.807) is 18.7 Å². The number of hydrogen-bond donors (Lipinski definition) is 0. The standard InChI is InChI=1S/C12H15N3O/c1-9-6-13-7-12(14-9)15(3)8-11-4-5-16-10(11)2/h4-7H,8H2,1-3H3. The molecule has 2 aromatic heterocycles. The summed E-state index contributed by atoms with van der Waals surface area (Å²) in [5.74, 6) is 1.83. The molecule has 0 saturated heterocycles. The molecule has 0 radical (unpaired) electrons. The van der Waals surface area contributed by atoms with Gasteiger partial charge in [0.15, 0.2) is 0 Å². The Hall–Kier alpha value is -1.84. The second-order valence-corrected chi connectivity index (χ2v) is 3.88. The maximum absolute atomic E-state index is 5.26. The van der Waals surface area contributed by atoms with Crippen LogP contribution in [0.1, 0.15) is 17.0 Å². The summed E-state index contributed by atoms with van der Waals surface area (Å²) < 4.78 is 5.26. The van der Waals surface area contributed by atoms with Gasteiger partial charge >= 0.3 is 0 Å². The third kappa shape index (κ3) is 2.21. The smallest absolute Gasteiger partial charge is 0.147 e.